The van der Waals surface area contributed by atoms with Gasteiger partial charge in [0.15, 0.2) is 0 Å². The fraction of sp³-hybridized carbons (Fsp3) is 0.278. The van der Waals surface area contributed by atoms with Gasteiger partial charge in [-0.3, -0.25) is 9.83 Å². The van der Waals surface area contributed by atoms with Gasteiger partial charge in [0, 0.05) is 11.9 Å². The zero-order valence-electron chi connectivity index (χ0n) is 15.3. The third kappa shape index (κ3) is 3.25. The maximum Gasteiger partial charge on any atom is 0.209 e. The van der Waals surface area contributed by atoms with Crippen molar-refractivity contribution < 1.29 is 13.3 Å². The average molecular weight is 387 g/mol. The Bertz CT molecular complexity index is 982. The highest BCUT2D eigenvalue weighted by molar-refractivity contribution is 7.88. The van der Waals surface area contributed by atoms with E-state index in [1.165, 1.54) is 0 Å². The zero-order valence-corrected chi connectivity index (χ0v) is 16.1. The van der Waals surface area contributed by atoms with Crippen molar-refractivity contribution in [2.45, 2.75) is 13.0 Å². The van der Waals surface area contributed by atoms with E-state index >= 15 is 0 Å². The van der Waals surface area contributed by atoms with E-state index in [4.69, 9.17) is 4.84 Å². The van der Waals surface area contributed by atoms with Crippen molar-refractivity contribution in [1.82, 2.24) is 14.7 Å². The number of nitrogens with zero attached hydrogens (tertiary/aromatic N) is 4. The van der Waals surface area contributed by atoms with Gasteiger partial charge in [-0.15, -0.1) is 0 Å². The van der Waals surface area contributed by atoms with Crippen LogP contribution in [0.5, 0.6) is 0 Å². The molecule has 8 nitrogen and oxygen atoms in total. The van der Waals surface area contributed by atoms with Crippen LogP contribution in [0.25, 0.3) is 0 Å². The number of rotatable bonds is 4. The summed E-state index contributed by atoms with van der Waals surface area (Å²) in [5.74, 6) is 0.807. The summed E-state index contributed by atoms with van der Waals surface area (Å²) in [6.07, 6.45) is 6.70. The summed E-state index contributed by atoms with van der Waals surface area (Å²) >= 11 is 0. The number of allylic oxidation sites excluding steroid dienone is 1. The Labute approximate surface area is 158 Å². The van der Waals surface area contributed by atoms with Gasteiger partial charge < -0.3 is 9.80 Å². The highest BCUT2D eigenvalue weighted by atomic mass is 32.2. The number of fused-ring (bicyclic) bond motifs is 2. The molecule has 0 spiro atoms. The van der Waals surface area contributed by atoms with E-state index in [0.717, 1.165) is 29.0 Å². The summed E-state index contributed by atoms with van der Waals surface area (Å²) in [6, 6.07) is 9.38. The molecule has 0 aliphatic carbocycles. The number of para-hydroxylation sites is 1. The molecular formula is C18H21N5O3S. The van der Waals surface area contributed by atoms with Crippen LogP contribution in [-0.4, -0.2) is 50.7 Å². The topological polar surface area (TPSA) is 77.5 Å². The first-order chi connectivity index (χ1) is 12.9. The van der Waals surface area contributed by atoms with Crippen LogP contribution in [0.15, 0.2) is 70.5 Å². The molecule has 0 saturated carbocycles. The molecule has 142 valence electrons. The summed E-state index contributed by atoms with van der Waals surface area (Å²) in [5.41, 5.74) is 3.35. The number of hydrogen-bond acceptors (Lipinski definition) is 7. The SMILES string of the molecule is CON1C=C2C=NC3=C(N2C1)N(c1ccccc1)C=C(C)C3NS(C)(=O)=O. The second-order valence-electron chi connectivity index (χ2n) is 6.59. The summed E-state index contributed by atoms with van der Waals surface area (Å²) < 4.78 is 26.5. The fourth-order valence-electron chi connectivity index (χ4n) is 3.37. The second kappa shape index (κ2) is 6.52. The molecule has 27 heavy (non-hydrogen) atoms. The molecule has 0 amide bonds. The third-order valence-corrected chi connectivity index (χ3v) is 5.24. The fourth-order valence-corrected chi connectivity index (χ4v) is 4.10. The molecular weight excluding hydrogens is 366 g/mol. The van der Waals surface area contributed by atoms with Gasteiger partial charge in [0.05, 0.1) is 37.5 Å². The van der Waals surface area contributed by atoms with Crippen molar-refractivity contribution >= 4 is 21.9 Å². The number of hydroxylamine groups is 2. The quantitative estimate of drug-likeness (QED) is 0.845. The smallest absolute Gasteiger partial charge is 0.209 e. The molecule has 0 fully saturated rings. The van der Waals surface area contributed by atoms with Gasteiger partial charge in [0.25, 0.3) is 0 Å². The number of hydrogen-bond donors (Lipinski definition) is 1. The highest BCUT2D eigenvalue weighted by Gasteiger charge is 2.38. The lowest BCUT2D eigenvalue weighted by Gasteiger charge is -2.40. The van der Waals surface area contributed by atoms with Gasteiger partial charge in [-0.05, 0) is 24.6 Å². The maximum absolute atomic E-state index is 11.9. The molecule has 4 rings (SSSR count). The molecule has 1 aromatic rings. The van der Waals surface area contributed by atoms with Gasteiger partial charge in [0.1, 0.15) is 18.2 Å². The van der Waals surface area contributed by atoms with E-state index in [-0.39, 0.29) is 0 Å². The van der Waals surface area contributed by atoms with E-state index in [1.807, 2.05) is 54.6 Å². The summed E-state index contributed by atoms with van der Waals surface area (Å²) in [6.45, 7) is 2.38. The van der Waals surface area contributed by atoms with Crippen LogP contribution in [0, 0.1) is 0 Å². The normalized spacial score (nSPS) is 21.9. The molecule has 3 aliphatic heterocycles. The maximum atomic E-state index is 11.9. The van der Waals surface area contributed by atoms with E-state index in [1.54, 1.807) is 18.4 Å². The first-order valence-electron chi connectivity index (χ1n) is 8.45. The highest BCUT2D eigenvalue weighted by Crippen LogP contribution is 2.38. The molecule has 3 aliphatic rings. The summed E-state index contributed by atoms with van der Waals surface area (Å²) in [7, 11) is -1.81. The standard InChI is InChI=1S/C18H21N5O3S/c1-13-10-22(14-7-5-4-6-8-14)18-17(16(13)20-27(3,24)25)19-9-15-11-21(26-2)12-23(15)18/h4-11,16,20H,12H2,1-3H3. The second-order valence-corrected chi connectivity index (χ2v) is 8.37. The van der Waals surface area contributed by atoms with Crippen LogP contribution < -0.4 is 9.62 Å². The van der Waals surface area contributed by atoms with Crippen molar-refractivity contribution in [3.05, 3.63) is 65.5 Å². The minimum Gasteiger partial charge on any atom is -0.302 e. The molecule has 0 aromatic heterocycles. The molecule has 0 saturated heterocycles. The van der Waals surface area contributed by atoms with Gasteiger partial charge >= 0.3 is 0 Å². The monoisotopic (exact) mass is 387 g/mol. The van der Waals surface area contributed by atoms with Crippen molar-refractivity contribution in [1.29, 1.82) is 0 Å². The number of aliphatic imine (C=N–C) groups is 1. The van der Waals surface area contributed by atoms with Crippen molar-refractivity contribution in [2.75, 3.05) is 24.9 Å². The Morgan fingerprint density at radius 1 is 1.22 bits per heavy atom. The van der Waals surface area contributed by atoms with Gasteiger partial charge in [-0.1, -0.05) is 18.2 Å². The molecule has 9 heteroatoms. The molecule has 1 unspecified atom stereocenters. The average Bonchev–Trinajstić information content (AvgIpc) is 3.07. The Balaban J connectivity index is 1.84. The van der Waals surface area contributed by atoms with Crippen molar-refractivity contribution in [2.24, 2.45) is 4.99 Å². The van der Waals surface area contributed by atoms with Crippen LogP contribution in [0.3, 0.4) is 0 Å². The van der Waals surface area contributed by atoms with Crippen LogP contribution >= 0.6 is 0 Å². The van der Waals surface area contributed by atoms with E-state index in [2.05, 4.69) is 14.6 Å². The van der Waals surface area contributed by atoms with Crippen LogP contribution in [-0.2, 0) is 14.9 Å². The van der Waals surface area contributed by atoms with E-state index in [9.17, 15) is 8.42 Å². The largest absolute Gasteiger partial charge is 0.302 e. The predicted octanol–water partition coefficient (Wildman–Crippen LogP) is 1.56. The lowest BCUT2D eigenvalue weighted by Crippen LogP contribution is -2.46. The van der Waals surface area contributed by atoms with E-state index < -0.39 is 16.1 Å². The number of benzene rings is 1. The van der Waals surface area contributed by atoms with Crippen LogP contribution in [0.4, 0.5) is 5.69 Å². The number of anilines is 1. The Hall–Kier alpha value is -2.62. The zero-order chi connectivity index (χ0) is 19.2. The Morgan fingerprint density at radius 2 is 1.96 bits per heavy atom. The molecule has 1 atom stereocenters. The van der Waals surface area contributed by atoms with Gasteiger partial charge in [-0.25, -0.2) is 18.2 Å². The number of nitrogens with one attached hydrogen (secondary N) is 1. The first kappa shape index (κ1) is 17.8. The molecule has 0 radical (unpaired) electrons. The molecule has 3 heterocycles. The molecule has 0 bridgehead atoms. The lowest BCUT2D eigenvalue weighted by atomic mass is 10.0. The third-order valence-electron chi connectivity index (χ3n) is 4.58. The van der Waals surface area contributed by atoms with Crippen LogP contribution in [0.2, 0.25) is 0 Å². The summed E-state index contributed by atoms with van der Waals surface area (Å²) in [5, 5.41) is 1.70. The van der Waals surface area contributed by atoms with E-state index in [0.29, 0.717) is 12.4 Å². The lowest BCUT2D eigenvalue weighted by molar-refractivity contribution is -0.0951. The molecule has 1 N–H and O–H groups in total. The van der Waals surface area contributed by atoms with Crippen molar-refractivity contribution in [3.8, 4) is 0 Å². The minimum atomic E-state index is -3.41. The predicted molar refractivity (Wildman–Crippen MR) is 104 cm³/mol. The summed E-state index contributed by atoms with van der Waals surface area (Å²) in [4.78, 5) is 14.0. The minimum absolute atomic E-state index is 0.485. The van der Waals surface area contributed by atoms with Crippen molar-refractivity contribution in [3.63, 3.8) is 0 Å². The number of sulfonamides is 1. The first-order valence-corrected chi connectivity index (χ1v) is 10.3. The Morgan fingerprint density at radius 3 is 2.63 bits per heavy atom. The van der Waals surface area contributed by atoms with Gasteiger partial charge in [-0.2, -0.15) is 0 Å². The van der Waals surface area contributed by atoms with Crippen LogP contribution in [0.1, 0.15) is 6.92 Å². The molecule has 1 aromatic carbocycles. The Kier molecular flexibility index (Phi) is 4.29. The van der Waals surface area contributed by atoms with Gasteiger partial charge in [0.2, 0.25) is 10.0 Å².